The average molecular weight is 186 g/mol. The number of nitrogens with zero attached hydrogens (tertiary/aromatic N) is 2. The van der Waals surface area contributed by atoms with Crippen molar-refractivity contribution in [3.05, 3.63) is 0 Å². The molecule has 0 amide bonds. The van der Waals surface area contributed by atoms with Gasteiger partial charge in [0.1, 0.15) is 0 Å². The van der Waals surface area contributed by atoms with Crippen molar-refractivity contribution in [3.63, 3.8) is 0 Å². The molecular weight excluding hydrogens is 164 g/mol. The summed E-state index contributed by atoms with van der Waals surface area (Å²) in [5.41, 5.74) is 0. The first-order valence-electron chi connectivity index (χ1n) is 5.19. The minimum Gasteiger partial charge on any atom is -0.383 e. The molecule has 1 rings (SSSR count). The van der Waals surface area contributed by atoms with Crippen LogP contribution in [0.1, 0.15) is 13.3 Å². The predicted octanol–water partition coefficient (Wildman–Crippen LogP) is 0.659. The van der Waals surface area contributed by atoms with Gasteiger partial charge in [-0.25, -0.2) is 0 Å². The quantitative estimate of drug-likeness (QED) is 0.641. The van der Waals surface area contributed by atoms with Gasteiger partial charge in [-0.05, 0) is 20.0 Å². The Hall–Kier alpha value is -0.120. The van der Waals surface area contributed by atoms with Gasteiger partial charge in [-0.2, -0.15) is 0 Å². The van der Waals surface area contributed by atoms with Crippen LogP contribution in [0.2, 0.25) is 0 Å². The Morgan fingerprint density at radius 2 is 2.15 bits per heavy atom. The maximum atomic E-state index is 5.21. The van der Waals surface area contributed by atoms with Gasteiger partial charge in [-0.15, -0.1) is 0 Å². The van der Waals surface area contributed by atoms with Crippen LogP contribution in [0.5, 0.6) is 0 Å². The van der Waals surface area contributed by atoms with Crippen molar-refractivity contribution in [1.29, 1.82) is 0 Å². The minimum absolute atomic E-state index is 0.588. The lowest BCUT2D eigenvalue weighted by Crippen LogP contribution is -2.53. The molecule has 0 saturated carbocycles. The molecule has 3 nitrogen and oxygen atoms in total. The van der Waals surface area contributed by atoms with Crippen molar-refractivity contribution in [2.45, 2.75) is 19.4 Å². The van der Waals surface area contributed by atoms with E-state index < -0.39 is 0 Å². The largest absolute Gasteiger partial charge is 0.383 e. The lowest BCUT2D eigenvalue weighted by atomic mass is 10.2. The standard InChI is InChI=1S/C10H22N2O/c1-4-5-12-7-6-11(2)10(8-12)9-13-3/h10H,4-9H2,1-3H3. The van der Waals surface area contributed by atoms with Crippen LogP contribution in [0.25, 0.3) is 0 Å². The third kappa shape index (κ3) is 3.25. The molecule has 1 aliphatic rings. The third-order valence-corrected chi connectivity index (χ3v) is 2.76. The van der Waals surface area contributed by atoms with Crippen molar-refractivity contribution in [1.82, 2.24) is 9.80 Å². The van der Waals surface area contributed by atoms with Crippen LogP contribution < -0.4 is 0 Å². The molecule has 0 N–H and O–H groups in total. The first-order valence-corrected chi connectivity index (χ1v) is 5.19. The highest BCUT2D eigenvalue weighted by atomic mass is 16.5. The molecule has 0 aromatic rings. The summed E-state index contributed by atoms with van der Waals surface area (Å²) in [5, 5.41) is 0. The van der Waals surface area contributed by atoms with Gasteiger partial charge in [0.2, 0.25) is 0 Å². The number of hydrogen-bond acceptors (Lipinski definition) is 3. The Morgan fingerprint density at radius 3 is 2.77 bits per heavy atom. The molecule has 0 aliphatic carbocycles. The monoisotopic (exact) mass is 186 g/mol. The third-order valence-electron chi connectivity index (χ3n) is 2.76. The molecule has 0 bridgehead atoms. The molecule has 1 saturated heterocycles. The lowest BCUT2D eigenvalue weighted by Gasteiger charge is -2.39. The lowest BCUT2D eigenvalue weighted by molar-refractivity contribution is 0.0406. The van der Waals surface area contributed by atoms with Crippen LogP contribution in [0.15, 0.2) is 0 Å². The Labute approximate surface area is 81.7 Å². The van der Waals surface area contributed by atoms with E-state index >= 15 is 0 Å². The fraction of sp³-hybridized carbons (Fsp3) is 1.00. The molecule has 0 radical (unpaired) electrons. The van der Waals surface area contributed by atoms with Gasteiger partial charge in [-0.1, -0.05) is 6.92 Å². The molecule has 3 heteroatoms. The van der Waals surface area contributed by atoms with E-state index in [1.807, 2.05) is 0 Å². The highest BCUT2D eigenvalue weighted by molar-refractivity contribution is 4.79. The fourth-order valence-electron chi connectivity index (χ4n) is 1.90. The molecule has 78 valence electrons. The van der Waals surface area contributed by atoms with Gasteiger partial charge >= 0.3 is 0 Å². The van der Waals surface area contributed by atoms with E-state index in [0.717, 1.165) is 13.2 Å². The van der Waals surface area contributed by atoms with E-state index in [4.69, 9.17) is 4.74 Å². The smallest absolute Gasteiger partial charge is 0.0630 e. The topological polar surface area (TPSA) is 15.7 Å². The van der Waals surface area contributed by atoms with E-state index in [0.29, 0.717) is 6.04 Å². The molecule has 1 unspecified atom stereocenters. The van der Waals surface area contributed by atoms with E-state index in [1.54, 1.807) is 7.11 Å². The highest BCUT2D eigenvalue weighted by Crippen LogP contribution is 2.08. The van der Waals surface area contributed by atoms with Crippen molar-refractivity contribution in [2.75, 3.05) is 46.9 Å². The van der Waals surface area contributed by atoms with E-state index in [1.165, 1.54) is 26.1 Å². The summed E-state index contributed by atoms with van der Waals surface area (Å²) in [5.74, 6) is 0. The maximum absolute atomic E-state index is 5.21. The van der Waals surface area contributed by atoms with Crippen LogP contribution in [0, 0.1) is 0 Å². The van der Waals surface area contributed by atoms with Gasteiger partial charge in [0.15, 0.2) is 0 Å². The Balaban J connectivity index is 2.33. The zero-order valence-electron chi connectivity index (χ0n) is 9.12. The molecule has 13 heavy (non-hydrogen) atoms. The predicted molar refractivity (Wildman–Crippen MR) is 55.0 cm³/mol. The molecule has 1 aliphatic heterocycles. The summed E-state index contributed by atoms with van der Waals surface area (Å²) in [4.78, 5) is 4.93. The summed E-state index contributed by atoms with van der Waals surface area (Å²) in [6, 6.07) is 0.588. The normalized spacial score (nSPS) is 26.5. The van der Waals surface area contributed by atoms with E-state index in [2.05, 4.69) is 23.8 Å². The summed E-state index contributed by atoms with van der Waals surface area (Å²) in [6.07, 6.45) is 1.25. The van der Waals surface area contributed by atoms with Gasteiger partial charge in [-0.3, -0.25) is 4.90 Å². The van der Waals surface area contributed by atoms with Crippen LogP contribution in [0.3, 0.4) is 0 Å². The minimum atomic E-state index is 0.588. The number of rotatable bonds is 4. The van der Waals surface area contributed by atoms with Crippen molar-refractivity contribution in [2.24, 2.45) is 0 Å². The summed E-state index contributed by atoms with van der Waals surface area (Å²) in [7, 11) is 3.97. The second-order valence-corrected chi connectivity index (χ2v) is 3.89. The SMILES string of the molecule is CCCN1CCN(C)C(COC)C1. The van der Waals surface area contributed by atoms with Gasteiger partial charge in [0.25, 0.3) is 0 Å². The molecule has 1 fully saturated rings. The summed E-state index contributed by atoms with van der Waals surface area (Å²) >= 11 is 0. The number of methoxy groups -OCH3 is 1. The zero-order valence-corrected chi connectivity index (χ0v) is 9.12. The number of hydrogen-bond donors (Lipinski definition) is 0. The Kier molecular flexibility index (Phi) is 4.70. The highest BCUT2D eigenvalue weighted by Gasteiger charge is 2.23. The van der Waals surface area contributed by atoms with Crippen molar-refractivity contribution >= 4 is 0 Å². The van der Waals surface area contributed by atoms with E-state index in [-0.39, 0.29) is 0 Å². The second-order valence-electron chi connectivity index (χ2n) is 3.89. The zero-order chi connectivity index (χ0) is 9.68. The van der Waals surface area contributed by atoms with Crippen molar-refractivity contribution in [3.8, 4) is 0 Å². The Morgan fingerprint density at radius 1 is 1.38 bits per heavy atom. The molecule has 0 spiro atoms. The number of ether oxygens (including phenoxy) is 1. The van der Waals surface area contributed by atoms with Crippen LogP contribution in [-0.2, 0) is 4.74 Å². The molecule has 0 aromatic heterocycles. The summed E-state index contributed by atoms with van der Waals surface area (Å²) < 4.78 is 5.21. The Bertz CT molecular complexity index is 141. The van der Waals surface area contributed by atoms with Crippen molar-refractivity contribution < 1.29 is 4.74 Å². The van der Waals surface area contributed by atoms with E-state index in [9.17, 15) is 0 Å². The average Bonchev–Trinajstić information content (AvgIpc) is 2.12. The molecule has 1 heterocycles. The fourth-order valence-corrected chi connectivity index (χ4v) is 1.90. The second kappa shape index (κ2) is 5.58. The number of likely N-dealkylation sites (N-methyl/N-ethyl adjacent to an activating group) is 1. The van der Waals surface area contributed by atoms with Gasteiger partial charge < -0.3 is 9.64 Å². The van der Waals surface area contributed by atoms with Gasteiger partial charge in [0.05, 0.1) is 6.61 Å². The molecule has 1 atom stereocenters. The van der Waals surface area contributed by atoms with Crippen LogP contribution in [-0.4, -0.2) is 62.8 Å². The molecular formula is C10H22N2O. The van der Waals surface area contributed by atoms with Gasteiger partial charge in [0, 0.05) is 32.8 Å². The van der Waals surface area contributed by atoms with Crippen LogP contribution >= 0.6 is 0 Å². The number of piperazine rings is 1. The van der Waals surface area contributed by atoms with Crippen LogP contribution in [0.4, 0.5) is 0 Å². The first kappa shape index (κ1) is 11.0. The molecule has 0 aromatic carbocycles. The maximum Gasteiger partial charge on any atom is 0.0630 e. The summed E-state index contributed by atoms with van der Waals surface area (Å²) in [6.45, 7) is 7.88. The first-order chi connectivity index (χ1) is 6.27.